The molecule has 47 heavy (non-hydrogen) atoms. The number of nitrogens with one attached hydrogen (secondary N) is 1. The third-order valence-corrected chi connectivity index (χ3v) is 11.0. The van der Waals surface area contributed by atoms with Crippen LogP contribution in [0.15, 0.2) is 96.6 Å². The zero-order valence-corrected chi connectivity index (χ0v) is 25.9. The van der Waals surface area contributed by atoms with Crippen molar-refractivity contribution in [1.82, 2.24) is 9.91 Å². The predicted molar refractivity (Wildman–Crippen MR) is 172 cm³/mol. The summed E-state index contributed by atoms with van der Waals surface area (Å²) < 4.78 is 13.8. The first kappa shape index (κ1) is 29.4. The standard InChI is InChI=1S/C37H29ClFN3O5/c1-41-33(44)26-16-15-25-27(30(26)35(41)46)18-28-34(45)42(40-23-13-11-22(39)12-14-23)36(47)37(28,20-7-9-21(38)10-8-20)32(25)31-24-5-3-2-4-19(24)6-17-29(31)43/h2-15,17,26-28,30,32,40,43H,16,18H2,1H3/t26-,27+,28-,30-,32+,37+/m0/s1. The molecule has 236 valence electrons. The number of phenolic OH excluding ortho intramolecular Hbond substituents is 1. The van der Waals surface area contributed by atoms with Gasteiger partial charge in [-0.1, -0.05) is 65.7 Å². The van der Waals surface area contributed by atoms with Crippen molar-refractivity contribution in [2.75, 3.05) is 12.5 Å². The van der Waals surface area contributed by atoms with Crippen LogP contribution in [0.1, 0.15) is 29.9 Å². The predicted octanol–water partition coefficient (Wildman–Crippen LogP) is 5.95. The van der Waals surface area contributed by atoms with Gasteiger partial charge in [0, 0.05) is 23.6 Å². The maximum absolute atomic E-state index is 15.2. The molecule has 4 aromatic rings. The molecule has 8 nitrogen and oxygen atoms in total. The highest BCUT2D eigenvalue weighted by atomic mass is 35.5. The van der Waals surface area contributed by atoms with Crippen LogP contribution in [-0.2, 0) is 24.6 Å². The number of aromatic hydroxyl groups is 1. The fourth-order valence-corrected chi connectivity index (χ4v) is 8.84. The summed E-state index contributed by atoms with van der Waals surface area (Å²) in [5.41, 5.74) is 3.42. The van der Waals surface area contributed by atoms with E-state index >= 15 is 4.79 Å². The molecule has 0 bridgehead atoms. The molecule has 8 rings (SSSR count). The van der Waals surface area contributed by atoms with Gasteiger partial charge in [0.1, 0.15) is 11.6 Å². The fraction of sp³-hybridized carbons (Fsp3) is 0.243. The molecule has 2 aliphatic carbocycles. The number of hydrogen-bond donors (Lipinski definition) is 2. The minimum absolute atomic E-state index is 0.0550. The summed E-state index contributed by atoms with van der Waals surface area (Å²) in [6.07, 6.45) is 2.36. The first-order valence-electron chi connectivity index (χ1n) is 15.5. The Morgan fingerprint density at radius 3 is 2.34 bits per heavy atom. The number of halogens is 2. The summed E-state index contributed by atoms with van der Waals surface area (Å²) >= 11 is 6.35. The van der Waals surface area contributed by atoms with Gasteiger partial charge in [0.05, 0.1) is 28.9 Å². The van der Waals surface area contributed by atoms with Gasteiger partial charge < -0.3 is 5.11 Å². The number of fused-ring (bicyclic) bond motifs is 5. The van der Waals surface area contributed by atoms with E-state index in [2.05, 4.69) is 5.43 Å². The second-order valence-corrected chi connectivity index (χ2v) is 13.3. The van der Waals surface area contributed by atoms with E-state index < -0.39 is 52.6 Å². The summed E-state index contributed by atoms with van der Waals surface area (Å²) in [4.78, 5) is 58.0. The van der Waals surface area contributed by atoms with E-state index in [4.69, 9.17) is 11.6 Å². The first-order chi connectivity index (χ1) is 22.6. The minimum atomic E-state index is -1.58. The van der Waals surface area contributed by atoms with Crippen molar-refractivity contribution in [2.24, 2.45) is 23.7 Å². The summed E-state index contributed by atoms with van der Waals surface area (Å²) in [5, 5.41) is 14.7. The highest BCUT2D eigenvalue weighted by molar-refractivity contribution is 6.30. The average Bonchev–Trinajstić information content (AvgIpc) is 3.43. The normalized spacial score (nSPS) is 28.3. The second kappa shape index (κ2) is 10.5. The number of benzene rings is 4. The Kier molecular flexibility index (Phi) is 6.57. The van der Waals surface area contributed by atoms with E-state index in [1.54, 1.807) is 36.4 Å². The van der Waals surface area contributed by atoms with Crippen molar-refractivity contribution in [2.45, 2.75) is 24.2 Å². The maximum Gasteiger partial charge on any atom is 0.260 e. The number of amides is 4. The lowest BCUT2D eigenvalue weighted by atomic mass is 9.48. The number of likely N-dealkylation sites (tertiary alicyclic amines) is 1. The molecule has 4 aromatic carbocycles. The molecule has 4 amide bonds. The third kappa shape index (κ3) is 4.05. The molecule has 3 fully saturated rings. The van der Waals surface area contributed by atoms with Gasteiger partial charge in [0.2, 0.25) is 11.8 Å². The maximum atomic E-state index is 15.2. The number of nitrogens with zero attached hydrogens (tertiary/aromatic N) is 2. The number of rotatable bonds is 4. The van der Waals surface area contributed by atoms with Crippen molar-refractivity contribution >= 4 is 51.7 Å². The van der Waals surface area contributed by atoms with E-state index in [1.807, 2.05) is 30.3 Å². The third-order valence-electron chi connectivity index (χ3n) is 10.7. The molecule has 2 N–H and O–H groups in total. The van der Waals surface area contributed by atoms with E-state index in [0.29, 0.717) is 27.2 Å². The molecule has 0 radical (unpaired) electrons. The van der Waals surface area contributed by atoms with Crippen molar-refractivity contribution in [3.8, 4) is 5.75 Å². The SMILES string of the molecule is CN1C(=O)[C@H]2[C@H](CC=C3[C@H]2C[C@H]2C(=O)N(Nc4ccc(F)cc4)C(=O)[C@@]2(c2ccc(Cl)cc2)[C@H]3c2c(O)ccc3ccccc23)C1=O. The minimum Gasteiger partial charge on any atom is -0.508 e. The molecule has 6 atom stereocenters. The Morgan fingerprint density at radius 2 is 1.60 bits per heavy atom. The lowest BCUT2D eigenvalue weighted by Crippen LogP contribution is -2.53. The molecule has 2 aliphatic heterocycles. The van der Waals surface area contributed by atoms with Gasteiger partial charge >= 0.3 is 0 Å². The van der Waals surface area contributed by atoms with Crippen molar-refractivity contribution in [1.29, 1.82) is 0 Å². The zero-order chi connectivity index (χ0) is 32.8. The van der Waals surface area contributed by atoms with Crippen molar-refractivity contribution in [3.63, 3.8) is 0 Å². The Morgan fingerprint density at radius 1 is 0.872 bits per heavy atom. The molecule has 0 aromatic heterocycles. The summed E-state index contributed by atoms with van der Waals surface area (Å²) in [5.74, 6) is -5.91. The summed E-state index contributed by atoms with van der Waals surface area (Å²) in [6, 6.07) is 23.0. The number of hydrazine groups is 1. The molecule has 10 heteroatoms. The molecular weight excluding hydrogens is 621 g/mol. The van der Waals surface area contributed by atoms with Crippen LogP contribution in [0.4, 0.5) is 10.1 Å². The number of allylic oxidation sites excluding steroid dienone is 2. The summed E-state index contributed by atoms with van der Waals surface area (Å²) in [7, 11) is 1.48. The lowest BCUT2D eigenvalue weighted by Gasteiger charge is -2.51. The van der Waals surface area contributed by atoms with Crippen LogP contribution in [-0.4, -0.2) is 45.7 Å². The number of carbonyl (C=O) groups is 4. The Balaban J connectivity index is 1.42. The van der Waals surface area contributed by atoms with Crippen LogP contribution in [0.25, 0.3) is 10.8 Å². The van der Waals surface area contributed by atoms with Gasteiger partial charge in [0.25, 0.3) is 11.8 Å². The van der Waals surface area contributed by atoms with Crippen molar-refractivity contribution in [3.05, 3.63) is 119 Å². The quantitative estimate of drug-likeness (QED) is 0.209. The average molecular weight is 650 g/mol. The van der Waals surface area contributed by atoms with Crippen LogP contribution in [0, 0.1) is 29.5 Å². The molecule has 1 saturated carbocycles. The lowest BCUT2D eigenvalue weighted by molar-refractivity contribution is -0.140. The molecule has 0 spiro atoms. The number of phenols is 1. The van der Waals surface area contributed by atoms with Crippen LogP contribution in [0.2, 0.25) is 5.02 Å². The fourth-order valence-electron chi connectivity index (χ4n) is 8.71. The Bertz CT molecular complexity index is 2050. The topological polar surface area (TPSA) is 107 Å². The smallest absolute Gasteiger partial charge is 0.260 e. The molecule has 0 unspecified atom stereocenters. The zero-order valence-electron chi connectivity index (χ0n) is 25.2. The Labute approximate surface area is 274 Å². The van der Waals surface area contributed by atoms with E-state index in [1.165, 1.54) is 36.2 Å². The summed E-state index contributed by atoms with van der Waals surface area (Å²) in [6.45, 7) is 0. The van der Waals surface area contributed by atoms with Crippen LogP contribution in [0.5, 0.6) is 5.75 Å². The highest BCUT2D eigenvalue weighted by Crippen LogP contribution is 2.65. The molecule has 2 saturated heterocycles. The number of hydrogen-bond acceptors (Lipinski definition) is 6. The van der Waals surface area contributed by atoms with E-state index in [9.17, 15) is 23.9 Å². The number of anilines is 1. The highest BCUT2D eigenvalue weighted by Gasteiger charge is 2.70. The molecular formula is C37H29ClFN3O5. The van der Waals surface area contributed by atoms with E-state index in [0.717, 1.165) is 16.0 Å². The number of imide groups is 2. The second-order valence-electron chi connectivity index (χ2n) is 12.8. The first-order valence-corrected chi connectivity index (χ1v) is 15.9. The molecule has 4 aliphatic rings. The number of carbonyl (C=O) groups excluding carboxylic acids is 4. The Hall–Kier alpha value is -5.02. The monoisotopic (exact) mass is 649 g/mol. The van der Waals surface area contributed by atoms with Gasteiger partial charge in [-0.3, -0.25) is 29.5 Å². The van der Waals surface area contributed by atoms with Gasteiger partial charge in [-0.05, 0) is 77.6 Å². The van der Waals surface area contributed by atoms with Gasteiger partial charge in [-0.25, -0.2) is 4.39 Å². The van der Waals surface area contributed by atoms with E-state index in [-0.39, 0.29) is 30.4 Å². The largest absolute Gasteiger partial charge is 0.508 e. The van der Waals surface area contributed by atoms with Crippen LogP contribution in [0.3, 0.4) is 0 Å². The van der Waals surface area contributed by atoms with Crippen molar-refractivity contribution < 1.29 is 28.7 Å². The van der Waals surface area contributed by atoms with Gasteiger partial charge in [-0.2, -0.15) is 5.01 Å². The van der Waals surface area contributed by atoms with Gasteiger partial charge in [-0.15, -0.1) is 0 Å². The van der Waals surface area contributed by atoms with Gasteiger partial charge in [0.15, 0.2) is 0 Å². The van der Waals surface area contributed by atoms with Crippen LogP contribution < -0.4 is 5.43 Å². The molecule has 2 heterocycles. The van der Waals surface area contributed by atoms with Crippen LogP contribution >= 0.6 is 11.6 Å².